The summed E-state index contributed by atoms with van der Waals surface area (Å²) in [6.07, 6.45) is 2.81. The number of fused-ring (bicyclic) bond motifs is 1. The molecule has 158 valence electrons. The number of aliphatic imine (C=N–C) groups is 1. The first-order chi connectivity index (χ1) is 15.2. The van der Waals surface area contributed by atoms with E-state index in [2.05, 4.69) is 37.3 Å². The molecule has 9 nitrogen and oxygen atoms in total. The Hall–Kier alpha value is -3.79. The zero-order valence-corrected chi connectivity index (χ0v) is 17.5. The van der Waals surface area contributed by atoms with Crippen LogP contribution < -0.4 is 10.6 Å². The summed E-state index contributed by atoms with van der Waals surface area (Å²) in [5.74, 6) is 1.42. The number of hydrogen-bond donors (Lipinski definition) is 2. The molecule has 0 saturated heterocycles. The molecule has 0 fully saturated rings. The standard InChI is InChI=1S/C21H21N7O2S/c29-28(30)17-8-6-16(7-9-17)14-23-21(22-11-10-18-4-3-13-31-18)24-15-20-26-25-19-5-1-2-12-27(19)20/h1-9,12-13H,10-11,14-15H2,(H2,22,23,24). The third kappa shape index (κ3) is 5.43. The molecule has 0 saturated carbocycles. The quantitative estimate of drug-likeness (QED) is 0.190. The van der Waals surface area contributed by atoms with Crippen molar-refractivity contribution >= 4 is 28.6 Å². The van der Waals surface area contributed by atoms with Gasteiger partial charge in [0.15, 0.2) is 17.4 Å². The van der Waals surface area contributed by atoms with E-state index < -0.39 is 4.92 Å². The first-order valence-electron chi connectivity index (χ1n) is 9.75. The number of hydrogen-bond acceptors (Lipinski definition) is 6. The molecule has 0 unspecified atom stereocenters. The molecule has 0 aliphatic rings. The van der Waals surface area contributed by atoms with Gasteiger partial charge in [0.05, 0.1) is 18.0 Å². The number of non-ortho nitro benzene ring substituents is 1. The van der Waals surface area contributed by atoms with Gasteiger partial charge in [-0.1, -0.05) is 24.3 Å². The van der Waals surface area contributed by atoms with E-state index in [-0.39, 0.29) is 5.69 Å². The molecule has 0 amide bonds. The summed E-state index contributed by atoms with van der Waals surface area (Å²) < 4.78 is 1.92. The van der Waals surface area contributed by atoms with Gasteiger partial charge in [0.2, 0.25) is 0 Å². The predicted molar refractivity (Wildman–Crippen MR) is 120 cm³/mol. The number of thiophene rings is 1. The predicted octanol–water partition coefficient (Wildman–Crippen LogP) is 3.18. The van der Waals surface area contributed by atoms with Crippen LogP contribution in [0.2, 0.25) is 0 Å². The lowest BCUT2D eigenvalue weighted by molar-refractivity contribution is -0.384. The van der Waals surface area contributed by atoms with Crippen LogP contribution in [0.5, 0.6) is 0 Å². The van der Waals surface area contributed by atoms with Crippen molar-refractivity contribution in [2.45, 2.75) is 19.5 Å². The Kier molecular flexibility index (Phi) is 6.48. The first-order valence-corrected chi connectivity index (χ1v) is 10.6. The molecule has 4 aromatic rings. The Morgan fingerprint density at radius 2 is 1.97 bits per heavy atom. The van der Waals surface area contributed by atoms with Crippen LogP contribution in [0.4, 0.5) is 5.69 Å². The van der Waals surface area contributed by atoms with E-state index in [4.69, 9.17) is 0 Å². The van der Waals surface area contributed by atoms with Gasteiger partial charge in [0.25, 0.3) is 5.69 Å². The topological polar surface area (TPSA) is 110 Å². The number of benzene rings is 1. The zero-order valence-electron chi connectivity index (χ0n) is 16.6. The molecule has 4 rings (SSSR count). The minimum absolute atomic E-state index is 0.0684. The number of rotatable bonds is 8. The van der Waals surface area contributed by atoms with E-state index in [1.807, 2.05) is 34.9 Å². The van der Waals surface area contributed by atoms with Crippen LogP contribution in [0.15, 0.2) is 71.2 Å². The number of nitro groups is 1. The van der Waals surface area contributed by atoms with Gasteiger partial charge in [0, 0.05) is 29.8 Å². The fourth-order valence-corrected chi connectivity index (χ4v) is 3.71. The normalized spacial score (nSPS) is 11.5. The van der Waals surface area contributed by atoms with E-state index in [0.29, 0.717) is 19.0 Å². The maximum atomic E-state index is 10.8. The molecular formula is C21H21N7O2S. The monoisotopic (exact) mass is 435 g/mol. The molecule has 0 aliphatic carbocycles. The van der Waals surface area contributed by atoms with Crippen LogP contribution in [0.1, 0.15) is 16.3 Å². The van der Waals surface area contributed by atoms with Crippen molar-refractivity contribution in [1.82, 2.24) is 25.2 Å². The highest BCUT2D eigenvalue weighted by Crippen LogP contribution is 2.12. The molecule has 2 N–H and O–H groups in total. The van der Waals surface area contributed by atoms with Crippen LogP contribution >= 0.6 is 11.3 Å². The van der Waals surface area contributed by atoms with Crippen molar-refractivity contribution in [3.05, 3.63) is 92.6 Å². The number of nitrogens with zero attached hydrogens (tertiary/aromatic N) is 5. The number of guanidine groups is 1. The van der Waals surface area contributed by atoms with Crippen molar-refractivity contribution in [3.63, 3.8) is 0 Å². The Labute approximate surface area is 182 Å². The average Bonchev–Trinajstić information content (AvgIpc) is 3.45. The maximum absolute atomic E-state index is 10.8. The van der Waals surface area contributed by atoms with E-state index in [1.165, 1.54) is 17.0 Å². The van der Waals surface area contributed by atoms with E-state index in [0.717, 1.165) is 30.0 Å². The van der Waals surface area contributed by atoms with Gasteiger partial charge in [-0.2, -0.15) is 0 Å². The van der Waals surface area contributed by atoms with Crippen LogP contribution in [-0.4, -0.2) is 32.0 Å². The van der Waals surface area contributed by atoms with Crippen molar-refractivity contribution in [1.29, 1.82) is 0 Å². The molecule has 0 spiro atoms. The lowest BCUT2D eigenvalue weighted by Gasteiger charge is -2.12. The van der Waals surface area contributed by atoms with Gasteiger partial charge in [-0.25, -0.2) is 4.99 Å². The van der Waals surface area contributed by atoms with E-state index >= 15 is 0 Å². The summed E-state index contributed by atoms with van der Waals surface area (Å²) in [6, 6.07) is 16.3. The van der Waals surface area contributed by atoms with Gasteiger partial charge in [-0.15, -0.1) is 21.5 Å². The van der Waals surface area contributed by atoms with Crippen LogP contribution in [0, 0.1) is 10.1 Å². The van der Waals surface area contributed by atoms with Gasteiger partial charge in [0.1, 0.15) is 0 Å². The molecule has 0 atom stereocenters. The molecule has 10 heteroatoms. The second kappa shape index (κ2) is 9.81. The molecular weight excluding hydrogens is 414 g/mol. The zero-order chi connectivity index (χ0) is 21.5. The van der Waals surface area contributed by atoms with Crippen LogP contribution in [0.3, 0.4) is 0 Å². The lowest BCUT2D eigenvalue weighted by atomic mass is 10.2. The van der Waals surface area contributed by atoms with Crippen molar-refractivity contribution in [2.24, 2.45) is 4.99 Å². The third-order valence-corrected chi connectivity index (χ3v) is 5.55. The van der Waals surface area contributed by atoms with Crippen LogP contribution in [0.25, 0.3) is 5.65 Å². The maximum Gasteiger partial charge on any atom is 0.269 e. The summed E-state index contributed by atoms with van der Waals surface area (Å²) in [5, 5.41) is 28.0. The first kappa shape index (κ1) is 20.5. The third-order valence-electron chi connectivity index (χ3n) is 4.61. The van der Waals surface area contributed by atoms with Gasteiger partial charge in [-0.05, 0) is 35.6 Å². The van der Waals surface area contributed by atoms with Crippen molar-refractivity contribution < 1.29 is 4.92 Å². The summed E-state index contributed by atoms with van der Waals surface area (Å²) in [6.45, 7) is 1.58. The lowest BCUT2D eigenvalue weighted by Crippen LogP contribution is -2.38. The molecule has 3 heterocycles. The largest absolute Gasteiger partial charge is 0.356 e. The van der Waals surface area contributed by atoms with E-state index in [9.17, 15) is 10.1 Å². The smallest absolute Gasteiger partial charge is 0.269 e. The molecule has 0 radical (unpaired) electrons. The average molecular weight is 436 g/mol. The van der Waals surface area contributed by atoms with Gasteiger partial charge < -0.3 is 10.6 Å². The summed E-state index contributed by atoms with van der Waals surface area (Å²) in [5.41, 5.74) is 1.74. The summed E-state index contributed by atoms with van der Waals surface area (Å²) >= 11 is 1.72. The molecule has 0 bridgehead atoms. The second-order valence-corrected chi connectivity index (χ2v) is 7.78. The van der Waals surface area contributed by atoms with E-state index in [1.54, 1.807) is 23.5 Å². The number of nitrogens with one attached hydrogen (secondary N) is 2. The minimum atomic E-state index is -0.408. The molecule has 3 aromatic heterocycles. The fourth-order valence-electron chi connectivity index (χ4n) is 3.00. The molecule has 31 heavy (non-hydrogen) atoms. The summed E-state index contributed by atoms with van der Waals surface area (Å²) in [7, 11) is 0. The number of aromatic nitrogens is 3. The molecule has 0 aliphatic heterocycles. The second-order valence-electron chi connectivity index (χ2n) is 6.74. The Balaban J connectivity index is 1.43. The summed E-state index contributed by atoms with van der Waals surface area (Å²) in [4.78, 5) is 16.4. The highest BCUT2D eigenvalue weighted by atomic mass is 32.1. The van der Waals surface area contributed by atoms with Gasteiger partial charge in [-0.3, -0.25) is 14.5 Å². The number of pyridine rings is 1. The number of nitro benzene ring substituents is 1. The highest BCUT2D eigenvalue weighted by Gasteiger charge is 2.07. The highest BCUT2D eigenvalue weighted by molar-refractivity contribution is 7.09. The van der Waals surface area contributed by atoms with Crippen molar-refractivity contribution in [3.8, 4) is 0 Å². The SMILES string of the molecule is O=[N+]([O-])c1ccc(CN=C(NCCc2cccs2)NCc2nnc3ccccn23)cc1. The van der Waals surface area contributed by atoms with Crippen molar-refractivity contribution in [2.75, 3.05) is 6.54 Å². The Bertz CT molecular complexity index is 1170. The Morgan fingerprint density at radius 3 is 2.74 bits per heavy atom. The molecule has 1 aromatic carbocycles. The Morgan fingerprint density at radius 1 is 1.10 bits per heavy atom. The minimum Gasteiger partial charge on any atom is -0.356 e. The fraction of sp³-hybridized carbons (Fsp3) is 0.190. The van der Waals surface area contributed by atoms with Crippen LogP contribution in [-0.2, 0) is 19.5 Å². The van der Waals surface area contributed by atoms with Gasteiger partial charge >= 0.3 is 0 Å².